The molecular formula is C14H20Cl2O2. The van der Waals surface area contributed by atoms with E-state index < -0.39 is 0 Å². The first-order chi connectivity index (χ1) is 8.56. The monoisotopic (exact) mass is 290 g/mol. The van der Waals surface area contributed by atoms with E-state index in [-0.39, 0.29) is 0 Å². The van der Waals surface area contributed by atoms with E-state index in [2.05, 4.69) is 13.8 Å². The lowest BCUT2D eigenvalue weighted by atomic mass is 10.0. The van der Waals surface area contributed by atoms with Crippen LogP contribution in [-0.2, 0) is 4.74 Å². The second kappa shape index (κ2) is 7.88. The van der Waals surface area contributed by atoms with Crippen LogP contribution in [-0.4, -0.2) is 25.7 Å². The molecule has 0 heterocycles. The van der Waals surface area contributed by atoms with Gasteiger partial charge in [-0.3, -0.25) is 0 Å². The lowest BCUT2D eigenvalue weighted by molar-refractivity contribution is 0.111. The number of rotatable bonds is 7. The summed E-state index contributed by atoms with van der Waals surface area (Å²) in [5.41, 5.74) is 2.15. The molecule has 0 radical (unpaired) electrons. The van der Waals surface area contributed by atoms with Gasteiger partial charge in [0, 0.05) is 10.9 Å². The molecule has 0 N–H and O–H groups in total. The average molecular weight is 291 g/mol. The van der Waals surface area contributed by atoms with Crippen LogP contribution < -0.4 is 4.74 Å². The van der Waals surface area contributed by atoms with Crippen LogP contribution in [0.4, 0.5) is 0 Å². The minimum Gasteiger partial charge on any atom is -0.491 e. The first-order valence-electron chi connectivity index (χ1n) is 6.12. The lowest BCUT2D eigenvalue weighted by Crippen LogP contribution is -2.09. The van der Waals surface area contributed by atoms with E-state index >= 15 is 0 Å². The largest absolute Gasteiger partial charge is 0.491 e. The van der Waals surface area contributed by atoms with Crippen LogP contribution in [0.15, 0.2) is 12.1 Å². The van der Waals surface area contributed by atoms with Crippen LogP contribution in [0.3, 0.4) is 0 Å². The van der Waals surface area contributed by atoms with E-state index in [4.69, 9.17) is 32.7 Å². The Bertz CT molecular complexity index is 378. The molecule has 1 aromatic carbocycles. The Labute approximate surface area is 119 Å². The third-order valence-electron chi connectivity index (χ3n) is 2.62. The molecule has 4 heteroatoms. The van der Waals surface area contributed by atoms with Gasteiger partial charge in [-0.15, -0.1) is 11.6 Å². The number of hydrogen-bond donors (Lipinski definition) is 0. The number of ether oxygens (including phenoxy) is 2. The molecule has 0 aliphatic rings. The Morgan fingerprint density at radius 2 is 1.89 bits per heavy atom. The van der Waals surface area contributed by atoms with Crippen molar-refractivity contribution in [1.29, 1.82) is 0 Å². The molecule has 0 spiro atoms. The third kappa shape index (κ3) is 4.68. The molecule has 0 amide bonds. The predicted molar refractivity (Wildman–Crippen MR) is 77.3 cm³/mol. The van der Waals surface area contributed by atoms with Gasteiger partial charge in [0.25, 0.3) is 0 Å². The van der Waals surface area contributed by atoms with Gasteiger partial charge in [0.05, 0.1) is 13.2 Å². The highest BCUT2D eigenvalue weighted by atomic mass is 35.5. The van der Waals surface area contributed by atoms with Crippen LogP contribution in [0, 0.1) is 6.92 Å². The Balaban J connectivity index is 2.65. The molecule has 0 bridgehead atoms. The molecule has 0 aliphatic carbocycles. The Hall–Kier alpha value is -0.440. The van der Waals surface area contributed by atoms with Gasteiger partial charge in [0.1, 0.15) is 12.4 Å². The minimum atomic E-state index is 0.377. The van der Waals surface area contributed by atoms with Crippen molar-refractivity contribution < 1.29 is 9.47 Å². The summed E-state index contributed by atoms with van der Waals surface area (Å²) in [5.74, 6) is 1.78. The highest BCUT2D eigenvalue weighted by Gasteiger charge is 2.10. The van der Waals surface area contributed by atoms with Crippen molar-refractivity contribution in [2.75, 3.05) is 25.7 Å². The summed E-state index contributed by atoms with van der Waals surface area (Å²) in [5, 5.41) is 0.782. The Morgan fingerprint density at radius 1 is 1.17 bits per heavy atom. The molecular weight excluding hydrogens is 271 g/mol. The highest BCUT2D eigenvalue weighted by molar-refractivity contribution is 6.31. The summed E-state index contributed by atoms with van der Waals surface area (Å²) in [4.78, 5) is 0. The van der Waals surface area contributed by atoms with Gasteiger partial charge < -0.3 is 9.47 Å². The maximum absolute atomic E-state index is 6.14. The number of benzene rings is 1. The average Bonchev–Trinajstić information content (AvgIpc) is 2.32. The molecule has 0 unspecified atom stereocenters. The smallest absolute Gasteiger partial charge is 0.123 e. The molecule has 0 saturated heterocycles. The van der Waals surface area contributed by atoms with Crippen molar-refractivity contribution >= 4 is 23.2 Å². The first-order valence-corrected chi connectivity index (χ1v) is 7.04. The van der Waals surface area contributed by atoms with Crippen LogP contribution in [0.1, 0.15) is 30.9 Å². The predicted octanol–water partition coefficient (Wildman–Crippen LogP) is 4.41. The second-order valence-corrected chi connectivity index (χ2v) is 5.23. The van der Waals surface area contributed by atoms with Gasteiger partial charge in [-0.2, -0.15) is 0 Å². The summed E-state index contributed by atoms with van der Waals surface area (Å²) in [6.45, 7) is 7.85. The van der Waals surface area contributed by atoms with Gasteiger partial charge in [0.2, 0.25) is 0 Å². The van der Waals surface area contributed by atoms with Gasteiger partial charge in [-0.05, 0) is 36.1 Å². The fraction of sp³-hybridized carbons (Fsp3) is 0.571. The maximum Gasteiger partial charge on any atom is 0.123 e. The maximum atomic E-state index is 6.14. The van der Waals surface area contributed by atoms with Crippen molar-refractivity contribution in [1.82, 2.24) is 0 Å². The van der Waals surface area contributed by atoms with E-state index in [1.54, 1.807) is 0 Å². The zero-order chi connectivity index (χ0) is 13.5. The quantitative estimate of drug-likeness (QED) is 0.547. The van der Waals surface area contributed by atoms with Gasteiger partial charge in [0.15, 0.2) is 0 Å². The molecule has 0 aliphatic heterocycles. The molecule has 2 nitrogen and oxygen atoms in total. The SMILES string of the molecule is Cc1cc(OCCOCCCl)c(C(C)C)cc1Cl. The van der Waals surface area contributed by atoms with E-state index in [1.807, 2.05) is 19.1 Å². The number of alkyl halides is 1. The molecule has 102 valence electrons. The summed E-state index contributed by atoms with van der Waals surface area (Å²) < 4.78 is 11.0. The van der Waals surface area contributed by atoms with E-state index in [0.29, 0.717) is 31.6 Å². The molecule has 18 heavy (non-hydrogen) atoms. The standard InChI is InChI=1S/C14H20Cl2O2/c1-10(2)12-9-13(16)11(3)8-14(12)18-7-6-17-5-4-15/h8-10H,4-7H2,1-3H3. The number of halogens is 2. The number of hydrogen-bond acceptors (Lipinski definition) is 2. The Morgan fingerprint density at radius 3 is 2.50 bits per heavy atom. The fourth-order valence-electron chi connectivity index (χ4n) is 1.61. The van der Waals surface area contributed by atoms with E-state index in [0.717, 1.165) is 21.9 Å². The second-order valence-electron chi connectivity index (χ2n) is 4.44. The van der Waals surface area contributed by atoms with Crippen molar-refractivity contribution in [3.63, 3.8) is 0 Å². The zero-order valence-electron chi connectivity index (χ0n) is 11.1. The summed E-state index contributed by atoms with van der Waals surface area (Å²) in [6.07, 6.45) is 0. The molecule has 1 aromatic rings. The van der Waals surface area contributed by atoms with Gasteiger partial charge in [-0.25, -0.2) is 0 Å². The summed E-state index contributed by atoms with van der Waals surface area (Å²) >= 11 is 11.7. The van der Waals surface area contributed by atoms with Gasteiger partial charge >= 0.3 is 0 Å². The lowest BCUT2D eigenvalue weighted by Gasteiger charge is -2.16. The van der Waals surface area contributed by atoms with Crippen molar-refractivity contribution in [2.24, 2.45) is 0 Å². The molecule has 0 aromatic heterocycles. The highest BCUT2D eigenvalue weighted by Crippen LogP contribution is 2.31. The molecule has 1 rings (SSSR count). The normalized spacial score (nSPS) is 11.0. The van der Waals surface area contributed by atoms with Crippen LogP contribution in [0.5, 0.6) is 5.75 Å². The minimum absolute atomic E-state index is 0.377. The molecule has 0 atom stereocenters. The Kier molecular flexibility index (Phi) is 6.83. The van der Waals surface area contributed by atoms with Crippen LogP contribution >= 0.6 is 23.2 Å². The van der Waals surface area contributed by atoms with Crippen molar-refractivity contribution in [3.05, 3.63) is 28.3 Å². The van der Waals surface area contributed by atoms with Crippen molar-refractivity contribution in [2.45, 2.75) is 26.7 Å². The van der Waals surface area contributed by atoms with Crippen LogP contribution in [0.2, 0.25) is 5.02 Å². The summed E-state index contributed by atoms with van der Waals surface area (Å²) in [7, 11) is 0. The fourth-order valence-corrected chi connectivity index (χ4v) is 1.89. The molecule has 0 saturated carbocycles. The first kappa shape index (κ1) is 15.6. The topological polar surface area (TPSA) is 18.5 Å². The van der Waals surface area contributed by atoms with E-state index in [1.165, 1.54) is 0 Å². The van der Waals surface area contributed by atoms with Crippen molar-refractivity contribution in [3.8, 4) is 5.75 Å². The number of aryl methyl sites for hydroxylation is 1. The van der Waals surface area contributed by atoms with E-state index in [9.17, 15) is 0 Å². The van der Waals surface area contributed by atoms with Crippen LogP contribution in [0.25, 0.3) is 0 Å². The van der Waals surface area contributed by atoms with Gasteiger partial charge in [-0.1, -0.05) is 25.4 Å². The molecule has 0 fully saturated rings. The zero-order valence-corrected chi connectivity index (χ0v) is 12.6. The third-order valence-corrected chi connectivity index (χ3v) is 3.18. The summed E-state index contributed by atoms with van der Waals surface area (Å²) in [6, 6.07) is 3.97.